The summed E-state index contributed by atoms with van der Waals surface area (Å²) in [5, 5.41) is 6.22. The fourth-order valence-corrected chi connectivity index (χ4v) is 3.13. The largest absolute Gasteiger partial charge is 0.454 e. The molecule has 0 spiro atoms. The molecule has 2 aromatic carbocycles. The summed E-state index contributed by atoms with van der Waals surface area (Å²) in [4.78, 5) is 29.3. The number of carbonyl (C=O) groups excluding carboxylic acids is 1. The van der Waals surface area contributed by atoms with Crippen molar-refractivity contribution in [3.8, 4) is 11.5 Å². The third kappa shape index (κ3) is 3.99. The molecule has 1 aliphatic heterocycles. The molecule has 0 fully saturated rings. The van der Waals surface area contributed by atoms with Crippen molar-refractivity contribution in [1.29, 1.82) is 0 Å². The van der Waals surface area contributed by atoms with E-state index >= 15 is 0 Å². The molecule has 0 radical (unpaired) electrons. The van der Waals surface area contributed by atoms with Gasteiger partial charge in [0.15, 0.2) is 11.5 Å². The second-order valence-electron chi connectivity index (χ2n) is 6.41. The molecule has 150 valence electrons. The van der Waals surface area contributed by atoms with E-state index in [4.69, 9.17) is 14.2 Å². The quantitative estimate of drug-likeness (QED) is 0.621. The maximum atomic E-state index is 12.7. The van der Waals surface area contributed by atoms with Crippen LogP contribution in [0.15, 0.2) is 47.3 Å². The molecule has 0 bridgehead atoms. The lowest BCUT2D eigenvalue weighted by molar-refractivity contribution is 0.174. The first-order valence-corrected chi connectivity index (χ1v) is 9.12. The van der Waals surface area contributed by atoms with Crippen LogP contribution in [0.4, 0.5) is 16.3 Å². The molecule has 1 aliphatic rings. The van der Waals surface area contributed by atoms with E-state index in [0.29, 0.717) is 53.5 Å². The van der Waals surface area contributed by atoms with Gasteiger partial charge in [0.2, 0.25) is 6.79 Å². The van der Waals surface area contributed by atoms with Gasteiger partial charge in [-0.25, -0.2) is 9.59 Å². The van der Waals surface area contributed by atoms with Gasteiger partial charge in [-0.05, 0) is 30.7 Å². The average Bonchev–Trinajstić information content (AvgIpc) is 3.18. The third-order valence-corrected chi connectivity index (χ3v) is 4.47. The Kier molecular flexibility index (Phi) is 5.30. The van der Waals surface area contributed by atoms with E-state index in [1.807, 2.05) is 12.1 Å². The number of anilines is 2. The number of urea groups is 1. The molecular formula is C20H20N4O5. The summed E-state index contributed by atoms with van der Waals surface area (Å²) in [5.74, 6) is 1.58. The Balaban J connectivity index is 1.62. The highest BCUT2D eigenvalue weighted by atomic mass is 16.7. The highest BCUT2D eigenvalue weighted by molar-refractivity contribution is 6.04. The second-order valence-corrected chi connectivity index (χ2v) is 6.41. The lowest BCUT2D eigenvalue weighted by Gasteiger charge is -2.16. The number of benzene rings is 2. The molecule has 4 rings (SSSR count). The van der Waals surface area contributed by atoms with Crippen molar-refractivity contribution in [1.82, 2.24) is 9.55 Å². The molecule has 2 heterocycles. The summed E-state index contributed by atoms with van der Waals surface area (Å²) < 4.78 is 17.1. The molecule has 9 heteroatoms. The molecule has 1 aromatic heterocycles. The number of para-hydroxylation sites is 1. The van der Waals surface area contributed by atoms with E-state index < -0.39 is 11.7 Å². The Morgan fingerprint density at radius 3 is 2.86 bits per heavy atom. The molecule has 0 saturated heterocycles. The third-order valence-electron chi connectivity index (χ3n) is 4.47. The SMILES string of the molecule is COCCCn1c(NC(=O)Nc2ccc3c(c2)OCO3)c2ccccc2nc1=O. The number of ether oxygens (including phenoxy) is 3. The van der Waals surface area contributed by atoms with Crippen LogP contribution in [-0.4, -0.2) is 36.1 Å². The fourth-order valence-electron chi connectivity index (χ4n) is 3.13. The topological polar surface area (TPSA) is 104 Å². The Morgan fingerprint density at radius 2 is 2.00 bits per heavy atom. The van der Waals surface area contributed by atoms with Gasteiger partial charge in [0.25, 0.3) is 0 Å². The van der Waals surface area contributed by atoms with Crippen molar-refractivity contribution in [2.45, 2.75) is 13.0 Å². The zero-order valence-electron chi connectivity index (χ0n) is 15.8. The number of hydrogen-bond acceptors (Lipinski definition) is 6. The van der Waals surface area contributed by atoms with E-state index in [0.717, 1.165) is 0 Å². The second kappa shape index (κ2) is 8.19. The maximum absolute atomic E-state index is 12.7. The highest BCUT2D eigenvalue weighted by Crippen LogP contribution is 2.34. The Labute approximate surface area is 166 Å². The number of amides is 2. The predicted octanol–water partition coefficient (Wildman–Crippen LogP) is 2.81. The number of hydrogen-bond donors (Lipinski definition) is 2. The normalized spacial score (nSPS) is 12.2. The standard InChI is InChI=1S/C20H20N4O5/c1-27-10-4-9-24-18(14-5-2-3-6-15(14)22-20(24)26)23-19(25)21-13-7-8-16-17(11-13)29-12-28-16/h2-3,5-8,11H,4,9-10,12H2,1H3,(H2,21,23,25). The van der Waals surface area contributed by atoms with Gasteiger partial charge in [-0.3, -0.25) is 9.88 Å². The van der Waals surface area contributed by atoms with Crippen LogP contribution in [0.25, 0.3) is 10.9 Å². The van der Waals surface area contributed by atoms with Crippen LogP contribution in [0.5, 0.6) is 11.5 Å². The molecule has 2 N–H and O–H groups in total. The van der Waals surface area contributed by atoms with Crippen LogP contribution in [0.2, 0.25) is 0 Å². The van der Waals surface area contributed by atoms with Gasteiger partial charge in [-0.2, -0.15) is 4.98 Å². The van der Waals surface area contributed by atoms with E-state index in [1.165, 1.54) is 4.57 Å². The molecule has 0 saturated carbocycles. The van der Waals surface area contributed by atoms with Crippen LogP contribution in [0.3, 0.4) is 0 Å². The van der Waals surface area contributed by atoms with Crippen LogP contribution in [0, 0.1) is 0 Å². The first-order valence-electron chi connectivity index (χ1n) is 9.12. The van der Waals surface area contributed by atoms with Crippen LogP contribution in [-0.2, 0) is 11.3 Å². The van der Waals surface area contributed by atoms with Gasteiger partial charge in [0.1, 0.15) is 5.82 Å². The smallest absolute Gasteiger partial charge is 0.349 e. The number of methoxy groups -OCH3 is 1. The van der Waals surface area contributed by atoms with Crippen molar-refractivity contribution in [3.63, 3.8) is 0 Å². The lowest BCUT2D eigenvalue weighted by atomic mass is 10.2. The first kappa shape index (κ1) is 18.8. The van der Waals surface area contributed by atoms with Gasteiger partial charge < -0.3 is 19.5 Å². The summed E-state index contributed by atoms with van der Waals surface area (Å²) in [6.45, 7) is 1.01. The molecule has 0 unspecified atom stereocenters. The van der Waals surface area contributed by atoms with Gasteiger partial charge in [-0.15, -0.1) is 0 Å². The lowest BCUT2D eigenvalue weighted by Crippen LogP contribution is -2.30. The molecule has 29 heavy (non-hydrogen) atoms. The van der Waals surface area contributed by atoms with Gasteiger partial charge in [0.05, 0.1) is 5.52 Å². The van der Waals surface area contributed by atoms with E-state index in [9.17, 15) is 9.59 Å². The number of rotatable bonds is 6. The van der Waals surface area contributed by atoms with Crippen LogP contribution < -0.4 is 25.8 Å². The van der Waals surface area contributed by atoms with Gasteiger partial charge >= 0.3 is 11.7 Å². The van der Waals surface area contributed by atoms with Crippen molar-refractivity contribution in [2.75, 3.05) is 31.1 Å². The van der Waals surface area contributed by atoms with E-state index in [1.54, 1.807) is 37.4 Å². The van der Waals surface area contributed by atoms with E-state index in [-0.39, 0.29) is 6.79 Å². The zero-order chi connectivity index (χ0) is 20.2. The molecule has 0 aliphatic carbocycles. The number of nitrogens with zero attached hydrogens (tertiary/aromatic N) is 2. The average molecular weight is 396 g/mol. The molecule has 0 atom stereocenters. The number of fused-ring (bicyclic) bond motifs is 2. The number of nitrogens with one attached hydrogen (secondary N) is 2. The van der Waals surface area contributed by atoms with Crippen molar-refractivity contribution in [3.05, 3.63) is 52.9 Å². The minimum absolute atomic E-state index is 0.155. The summed E-state index contributed by atoms with van der Waals surface area (Å²) in [6.07, 6.45) is 0.606. The summed E-state index contributed by atoms with van der Waals surface area (Å²) in [6, 6.07) is 11.8. The molecule has 2 amide bonds. The minimum atomic E-state index is -0.486. The van der Waals surface area contributed by atoms with Gasteiger partial charge in [-0.1, -0.05) is 12.1 Å². The summed E-state index contributed by atoms with van der Waals surface area (Å²) in [7, 11) is 1.60. The van der Waals surface area contributed by atoms with Gasteiger partial charge in [0, 0.05) is 37.4 Å². The Morgan fingerprint density at radius 1 is 1.17 bits per heavy atom. The molecule has 9 nitrogen and oxygen atoms in total. The van der Waals surface area contributed by atoms with E-state index in [2.05, 4.69) is 15.6 Å². The Bertz CT molecular complexity index is 1110. The fraction of sp³-hybridized carbons (Fsp3) is 0.250. The number of aromatic nitrogens is 2. The maximum Gasteiger partial charge on any atom is 0.349 e. The van der Waals surface area contributed by atoms with Crippen LogP contribution in [0.1, 0.15) is 6.42 Å². The minimum Gasteiger partial charge on any atom is -0.454 e. The number of carbonyl (C=O) groups is 1. The van der Waals surface area contributed by atoms with Crippen LogP contribution >= 0.6 is 0 Å². The van der Waals surface area contributed by atoms with Crippen molar-refractivity contribution in [2.24, 2.45) is 0 Å². The summed E-state index contributed by atoms with van der Waals surface area (Å²) >= 11 is 0. The monoisotopic (exact) mass is 396 g/mol. The summed E-state index contributed by atoms with van der Waals surface area (Å²) in [5.41, 5.74) is 0.621. The highest BCUT2D eigenvalue weighted by Gasteiger charge is 2.16. The molecule has 3 aromatic rings. The predicted molar refractivity (Wildman–Crippen MR) is 108 cm³/mol. The zero-order valence-corrected chi connectivity index (χ0v) is 15.8. The van der Waals surface area contributed by atoms with Crippen molar-refractivity contribution < 1.29 is 19.0 Å². The first-order chi connectivity index (χ1) is 14.2. The molecular weight excluding hydrogens is 376 g/mol. The Hall–Kier alpha value is -3.59. The van der Waals surface area contributed by atoms with Crippen molar-refractivity contribution >= 4 is 28.4 Å².